The monoisotopic (exact) mass is 428 g/mol. The molecule has 1 aromatic carbocycles. The normalized spacial score (nSPS) is 20.6. The lowest BCUT2D eigenvalue weighted by atomic mass is 9.93. The van der Waals surface area contributed by atoms with Gasteiger partial charge in [0.15, 0.2) is 11.5 Å². The summed E-state index contributed by atoms with van der Waals surface area (Å²) in [5, 5.41) is 4.12. The first-order valence-electron chi connectivity index (χ1n) is 11.1. The number of amides is 1. The van der Waals surface area contributed by atoms with E-state index in [9.17, 15) is 4.79 Å². The fourth-order valence-electron chi connectivity index (χ4n) is 4.59. The molecule has 2 fully saturated rings. The van der Waals surface area contributed by atoms with Crippen molar-refractivity contribution in [2.24, 2.45) is 11.8 Å². The summed E-state index contributed by atoms with van der Waals surface area (Å²) in [6, 6.07) is 5.55. The molecule has 0 saturated carbocycles. The van der Waals surface area contributed by atoms with Crippen LogP contribution in [0.25, 0.3) is 11.4 Å². The van der Waals surface area contributed by atoms with E-state index in [1.165, 1.54) is 6.42 Å². The number of carbonyl (C=O) groups is 1. The van der Waals surface area contributed by atoms with Gasteiger partial charge in [-0.3, -0.25) is 9.69 Å². The third kappa shape index (κ3) is 5.01. The molecule has 168 valence electrons. The van der Waals surface area contributed by atoms with Crippen molar-refractivity contribution in [1.29, 1.82) is 0 Å². The minimum atomic E-state index is 0.145. The van der Waals surface area contributed by atoms with Crippen molar-refractivity contribution in [1.82, 2.24) is 19.9 Å². The highest BCUT2D eigenvalue weighted by Gasteiger charge is 2.31. The molecule has 1 atom stereocenters. The van der Waals surface area contributed by atoms with Gasteiger partial charge in [0, 0.05) is 24.6 Å². The molecule has 8 heteroatoms. The maximum Gasteiger partial charge on any atom is 0.241 e. The summed E-state index contributed by atoms with van der Waals surface area (Å²) >= 11 is 0. The number of ether oxygens (including phenoxy) is 2. The Morgan fingerprint density at radius 3 is 2.61 bits per heavy atom. The summed E-state index contributed by atoms with van der Waals surface area (Å²) < 4.78 is 16.1. The molecule has 0 N–H and O–H groups in total. The second-order valence-corrected chi connectivity index (χ2v) is 8.66. The maximum atomic E-state index is 12.9. The van der Waals surface area contributed by atoms with Crippen molar-refractivity contribution in [3.8, 4) is 22.9 Å². The second-order valence-electron chi connectivity index (χ2n) is 8.66. The van der Waals surface area contributed by atoms with Gasteiger partial charge in [0.2, 0.25) is 17.6 Å². The highest BCUT2D eigenvalue weighted by Crippen LogP contribution is 2.31. The standard InChI is InChI=1S/C23H32N4O4/c1-16-5-4-10-27(14-16)23(28)17-8-11-26(12-9-17)15-21-24-22(25-31-21)18-6-7-19(29-2)20(13-18)30-3/h6-7,13,16-17H,4-5,8-12,14-15H2,1-3H3/t16-/m1/s1. The average Bonchev–Trinajstić information content (AvgIpc) is 3.27. The van der Waals surface area contributed by atoms with Crippen molar-refractivity contribution in [3.63, 3.8) is 0 Å². The molecule has 8 nitrogen and oxygen atoms in total. The molecule has 2 aliphatic heterocycles. The molecule has 4 rings (SSSR count). The quantitative estimate of drug-likeness (QED) is 0.699. The van der Waals surface area contributed by atoms with E-state index < -0.39 is 0 Å². The summed E-state index contributed by atoms with van der Waals surface area (Å²) in [5.74, 6) is 3.51. The van der Waals surface area contributed by atoms with Crippen molar-refractivity contribution in [2.45, 2.75) is 39.2 Å². The highest BCUT2D eigenvalue weighted by molar-refractivity contribution is 5.79. The predicted octanol–water partition coefficient (Wildman–Crippen LogP) is 3.22. The van der Waals surface area contributed by atoms with E-state index in [2.05, 4.69) is 26.9 Å². The Morgan fingerprint density at radius 1 is 1.13 bits per heavy atom. The summed E-state index contributed by atoms with van der Waals surface area (Å²) in [6.45, 7) is 6.41. The molecule has 3 heterocycles. The van der Waals surface area contributed by atoms with E-state index in [0.29, 0.717) is 41.6 Å². The van der Waals surface area contributed by atoms with Crippen LogP contribution in [0.5, 0.6) is 11.5 Å². The van der Waals surface area contributed by atoms with E-state index in [0.717, 1.165) is 51.0 Å². The number of carbonyl (C=O) groups excluding carboxylic acids is 1. The number of rotatable bonds is 6. The molecular formula is C23H32N4O4. The van der Waals surface area contributed by atoms with E-state index in [-0.39, 0.29) is 5.92 Å². The minimum absolute atomic E-state index is 0.145. The van der Waals surface area contributed by atoms with Crippen LogP contribution in [0.2, 0.25) is 0 Å². The summed E-state index contributed by atoms with van der Waals surface area (Å²) in [6.07, 6.45) is 4.14. The molecule has 2 saturated heterocycles. The van der Waals surface area contributed by atoms with Gasteiger partial charge in [-0.1, -0.05) is 12.1 Å². The molecule has 2 aromatic rings. The molecule has 1 amide bonds. The second kappa shape index (κ2) is 9.68. The Bertz CT molecular complexity index is 891. The lowest BCUT2D eigenvalue weighted by molar-refractivity contribution is -0.138. The van der Waals surface area contributed by atoms with Crippen LogP contribution in [0.3, 0.4) is 0 Å². The Balaban J connectivity index is 1.31. The van der Waals surface area contributed by atoms with Gasteiger partial charge in [0.05, 0.1) is 20.8 Å². The van der Waals surface area contributed by atoms with Crippen molar-refractivity contribution >= 4 is 5.91 Å². The van der Waals surface area contributed by atoms with E-state index in [1.807, 2.05) is 18.2 Å². The number of aromatic nitrogens is 2. The van der Waals surface area contributed by atoms with Crippen LogP contribution in [-0.4, -0.2) is 66.2 Å². The zero-order chi connectivity index (χ0) is 21.8. The maximum absolute atomic E-state index is 12.9. The fourth-order valence-corrected chi connectivity index (χ4v) is 4.59. The van der Waals surface area contributed by atoms with Crippen LogP contribution < -0.4 is 9.47 Å². The van der Waals surface area contributed by atoms with E-state index >= 15 is 0 Å². The van der Waals surface area contributed by atoms with Crippen molar-refractivity contribution < 1.29 is 18.8 Å². The van der Waals surface area contributed by atoms with Gasteiger partial charge in [0.25, 0.3) is 0 Å². The van der Waals surface area contributed by atoms with Crippen LogP contribution in [0, 0.1) is 11.8 Å². The van der Waals surface area contributed by atoms with E-state index in [1.54, 1.807) is 14.2 Å². The Kier molecular flexibility index (Phi) is 6.75. The van der Waals surface area contributed by atoms with Crippen LogP contribution >= 0.6 is 0 Å². The van der Waals surface area contributed by atoms with Gasteiger partial charge >= 0.3 is 0 Å². The number of hydrogen-bond acceptors (Lipinski definition) is 7. The van der Waals surface area contributed by atoms with Gasteiger partial charge in [-0.2, -0.15) is 4.98 Å². The number of benzene rings is 1. The molecule has 31 heavy (non-hydrogen) atoms. The summed E-state index contributed by atoms with van der Waals surface area (Å²) in [5.41, 5.74) is 0.813. The first-order valence-corrected chi connectivity index (χ1v) is 11.1. The van der Waals surface area contributed by atoms with Gasteiger partial charge in [-0.15, -0.1) is 0 Å². The molecule has 0 radical (unpaired) electrons. The third-order valence-corrected chi connectivity index (χ3v) is 6.37. The minimum Gasteiger partial charge on any atom is -0.493 e. The number of methoxy groups -OCH3 is 2. The molecule has 0 spiro atoms. The van der Waals surface area contributed by atoms with Gasteiger partial charge in [-0.25, -0.2) is 0 Å². The Morgan fingerprint density at radius 2 is 1.90 bits per heavy atom. The average molecular weight is 429 g/mol. The first-order chi connectivity index (χ1) is 15.1. The molecule has 1 aromatic heterocycles. The fraction of sp³-hybridized carbons (Fsp3) is 0.609. The number of piperidine rings is 2. The van der Waals surface area contributed by atoms with Gasteiger partial charge in [-0.05, 0) is 62.9 Å². The van der Waals surface area contributed by atoms with Gasteiger partial charge < -0.3 is 18.9 Å². The zero-order valence-corrected chi connectivity index (χ0v) is 18.7. The summed E-state index contributed by atoms with van der Waals surface area (Å²) in [7, 11) is 3.21. The zero-order valence-electron chi connectivity index (χ0n) is 18.7. The molecule has 0 bridgehead atoms. The lowest BCUT2D eigenvalue weighted by Gasteiger charge is -2.36. The number of likely N-dealkylation sites (tertiary alicyclic amines) is 2. The predicted molar refractivity (Wildman–Crippen MR) is 116 cm³/mol. The number of hydrogen-bond donors (Lipinski definition) is 0. The molecule has 0 aliphatic carbocycles. The SMILES string of the molecule is COc1ccc(-c2noc(CN3CCC(C(=O)N4CCC[C@@H](C)C4)CC3)n2)cc1OC. The van der Waals surface area contributed by atoms with Crippen LogP contribution in [0.15, 0.2) is 22.7 Å². The highest BCUT2D eigenvalue weighted by atomic mass is 16.5. The van der Waals surface area contributed by atoms with Crippen LogP contribution in [0.4, 0.5) is 0 Å². The smallest absolute Gasteiger partial charge is 0.241 e. The van der Waals surface area contributed by atoms with Crippen molar-refractivity contribution in [3.05, 3.63) is 24.1 Å². The Labute approximate surface area is 183 Å². The van der Waals surface area contributed by atoms with Gasteiger partial charge in [0.1, 0.15) is 0 Å². The Hall–Kier alpha value is -2.61. The van der Waals surface area contributed by atoms with E-state index in [4.69, 9.17) is 14.0 Å². The van der Waals surface area contributed by atoms with Crippen LogP contribution in [-0.2, 0) is 11.3 Å². The molecule has 0 unspecified atom stereocenters. The molecular weight excluding hydrogens is 396 g/mol. The van der Waals surface area contributed by atoms with Crippen molar-refractivity contribution in [2.75, 3.05) is 40.4 Å². The van der Waals surface area contributed by atoms with Crippen LogP contribution in [0.1, 0.15) is 38.5 Å². The molecule has 2 aliphatic rings. The number of nitrogens with zero attached hydrogens (tertiary/aromatic N) is 4. The first kappa shape index (κ1) is 21.6. The summed E-state index contributed by atoms with van der Waals surface area (Å²) in [4.78, 5) is 21.8. The largest absolute Gasteiger partial charge is 0.493 e. The topological polar surface area (TPSA) is 80.9 Å². The third-order valence-electron chi connectivity index (χ3n) is 6.37. The lowest BCUT2D eigenvalue weighted by Crippen LogP contribution is -2.45.